The topological polar surface area (TPSA) is 108 Å². The summed E-state index contributed by atoms with van der Waals surface area (Å²) in [5, 5.41) is 26.6. The molecule has 9 nitrogen and oxygen atoms in total. The van der Waals surface area contributed by atoms with Gasteiger partial charge in [0, 0.05) is 36.0 Å². The molecule has 5 rings (SSSR count). The normalized spacial score (nSPS) is 11.0. The van der Waals surface area contributed by atoms with Crippen molar-refractivity contribution < 1.29 is 0 Å². The van der Waals surface area contributed by atoms with Crippen LogP contribution < -0.4 is 10.2 Å². The van der Waals surface area contributed by atoms with Crippen LogP contribution in [0.2, 0.25) is 0 Å². The highest BCUT2D eigenvalue weighted by molar-refractivity contribution is 5.81. The molecule has 3 aromatic heterocycles. The molecule has 0 aliphatic rings. The Labute approximate surface area is 216 Å². The van der Waals surface area contributed by atoms with Gasteiger partial charge < -0.3 is 10.2 Å². The van der Waals surface area contributed by atoms with Gasteiger partial charge in [0.25, 0.3) is 0 Å². The van der Waals surface area contributed by atoms with Crippen molar-refractivity contribution in [1.29, 1.82) is 0 Å². The molecule has 0 aliphatic heterocycles. The average Bonchev–Trinajstić information content (AvgIpc) is 3.45. The molecule has 2 N–H and O–H groups in total. The van der Waals surface area contributed by atoms with Crippen molar-refractivity contribution in [2.24, 2.45) is 5.92 Å². The molecule has 0 fully saturated rings. The summed E-state index contributed by atoms with van der Waals surface area (Å²) < 4.78 is 0. The minimum Gasteiger partial charge on any atom is -0.352 e. The maximum atomic E-state index is 5.14. The minimum atomic E-state index is 0.445. The highest BCUT2D eigenvalue weighted by atomic mass is 15.5. The largest absolute Gasteiger partial charge is 0.352 e. The molecule has 0 unspecified atom stereocenters. The summed E-state index contributed by atoms with van der Waals surface area (Å²) in [4.78, 5) is 7.46. The Morgan fingerprint density at radius 3 is 2.35 bits per heavy atom. The third kappa shape index (κ3) is 5.95. The number of rotatable bonds is 9. The van der Waals surface area contributed by atoms with E-state index in [4.69, 9.17) is 4.98 Å². The third-order valence-corrected chi connectivity index (χ3v) is 5.80. The van der Waals surface area contributed by atoms with Gasteiger partial charge in [-0.25, -0.2) is 4.98 Å². The highest BCUT2D eigenvalue weighted by Crippen LogP contribution is 2.33. The second kappa shape index (κ2) is 10.9. The number of aryl methyl sites for hydroxylation is 1. The van der Waals surface area contributed by atoms with Gasteiger partial charge in [-0.1, -0.05) is 68.4 Å². The van der Waals surface area contributed by atoms with Crippen LogP contribution in [0.25, 0.3) is 22.6 Å². The molecule has 9 heteroatoms. The third-order valence-electron chi connectivity index (χ3n) is 5.80. The Hall–Kier alpha value is -4.66. The SMILES string of the molecule is Cc1ccc(Nc2cc(-c3ccccc3-c3nn[nH]n3)nc(N(Cc3ccccc3)CC(C)C)c2)nn1. The van der Waals surface area contributed by atoms with Crippen LogP contribution >= 0.6 is 0 Å². The predicted molar refractivity (Wildman–Crippen MR) is 145 cm³/mol. The number of tetrazole rings is 1. The zero-order chi connectivity index (χ0) is 25.6. The number of nitrogens with one attached hydrogen (secondary N) is 2. The minimum absolute atomic E-state index is 0.445. The number of anilines is 3. The zero-order valence-corrected chi connectivity index (χ0v) is 21.1. The standard InChI is InChI=1S/C28H29N9/c1-19(2)17-37(18-21-9-5-4-6-10-21)27-16-22(29-26-14-13-20(3)31-32-26)15-25(30-27)23-11-7-8-12-24(23)28-33-35-36-34-28/h4-16,19H,17-18H2,1-3H3,(H,29,30,32)(H,33,34,35,36). The molecule has 0 radical (unpaired) electrons. The molecule has 0 aliphatic carbocycles. The lowest BCUT2D eigenvalue weighted by atomic mass is 10.0. The molecular formula is C28H29N9. The van der Waals surface area contributed by atoms with Crippen LogP contribution in [0.1, 0.15) is 25.1 Å². The van der Waals surface area contributed by atoms with E-state index in [0.717, 1.165) is 47.1 Å². The number of aromatic nitrogens is 7. The van der Waals surface area contributed by atoms with E-state index in [9.17, 15) is 0 Å². The van der Waals surface area contributed by atoms with Crippen molar-refractivity contribution in [2.45, 2.75) is 27.3 Å². The van der Waals surface area contributed by atoms with Gasteiger partial charge in [0.1, 0.15) is 5.82 Å². The highest BCUT2D eigenvalue weighted by Gasteiger charge is 2.17. The molecule has 186 valence electrons. The number of H-pyrrole nitrogens is 1. The van der Waals surface area contributed by atoms with Crippen LogP contribution in [0.4, 0.5) is 17.3 Å². The predicted octanol–water partition coefficient (Wildman–Crippen LogP) is 5.43. The van der Waals surface area contributed by atoms with Crippen LogP contribution in [0, 0.1) is 12.8 Å². The lowest BCUT2D eigenvalue weighted by Crippen LogP contribution is -2.28. The summed E-state index contributed by atoms with van der Waals surface area (Å²) in [5.41, 5.74) is 5.50. The number of hydrogen-bond acceptors (Lipinski definition) is 8. The Morgan fingerprint density at radius 1 is 0.865 bits per heavy atom. The van der Waals surface area contributed by atoms with Gasteiger partial charge >= 0.3 is 0 Å². The Morgan fingerprint density at radius 2 is 1.65 bits per heavy atom. The molecule has 37 heavy (non-hydrogen) atoms. The molecule has 0 saturated carbocycles. The number of hydrogen-bond donors (Lipinski definition) is 2. The fourth-order valence-corrected chi connectivity index (χ4v) is 4.16. The van der Waals surface area contributed by atoms with Crippen molar-refractivity contribution in [3.05, 3.63) is 90.1 Å². The van der Waals surface area contributed by atoms with Gasteiger partial charge in [0.2, 0.25) is 5.82 Å². The van der Waals surface area contributed by atoms with E-state index in [2.05, 4.69) is 85.2 Å². The number of aromatic amines is 1. The van der Waals surface area contributed by atoms with Gasteiger partial charge in [0.05, 0.1) is 11.4 Å². The summed E-state index contributed by atoms with van der Waals surface area (Å²) in [6.07, 6.45) is 0. The fourth-order valence-electron chi connectivity index (χ4n) is 4.16. The second-order valence-electron chi connectivity index (χ2n) is 9.33. The van der Waals surface area contributed by atoms with Crippen LogP contribution in [0.3, 0.4) is 0 Å². The van der Waals surface area contributed by atoms with Crippen LogP contribution in [-0.4, -0.2) is 42.4 Å². The average molecular weight is 492 g/mol. The van der Waals surface area contributed by atoms with Gasteiger partial charge in [-0.05, 0) is 41.8 Å². The van der Waals surface area contributed by atoms with E-state index in [0.29, 0.717) is 17.6 Å². The van der Waals surface area contributed by atoms with Crippen molar-refractivity contribution in [2.75, 3.05) is 16.8 Å². The van der Waals surface area contributed by atoms with Crippen LogP contribution in [0.5, 0.6) is 0 Å². The van der Waals surface area contributed by atoms with Gasteiger partial charge in [-0.3, -0.25) is 0 Å². The molecule has 3 heterocycles. The fraction of sp³-hybridized carbons (Fsp3) is 0.214. The molecular weight excluding hydrogens is 462 g/mol. The first-order chi connectivity index (χ1) is 18.0. The molecule has 0 amide bonds. The smallest absolute Gasteiger partial charge is 0.205 e. The Balaban J connectivity index is 1.61. The number of pyridine rings is 1. The van der Waals surface area contributed by atoms with E-state index in [1.807, 2.05) is 55.5 Å². The lowest BCUT2D eigenvalue weighted by Gasteiger charge is -2.27. The molecule has 0 saturated heterocycles. The summed E-state index contributed by atoms with van der Waals surface area (Å²) in [6.45, 7) is 7.94. The summed E-state index contributed by atoms with van der Waals surface area (Å²) >= 11 is 0. The van der Waals surface area contributed by atoms with E-state index in [1.165, 1.54) is 5.56 Å². The van der Waals surface area contributed by atoms with E-state index < -0.39 is 0 Å². The monoisotopic (exact) mass is 491 g/mol. The van der Waals surface area contributed by atoms with Crippen molar-refractivity contribution in [3.63, 3.8) is 0 Å². The Kier molecular flexibility index (Phi) is 7.12. The second-order valence-corrected chi connectivity index (χ2v) is 9.33. The molecule has 5 aromatic rings. The number of nitrogens with zero attached hydrogens (tertiary/aromatic N) is 7. The maximum absolute atomic E-state index is 5.14. The molecule has 0 atom stereocenters. The van der Waals surface area contributed by atoms with Crippen molar-refractivity contribution in [3.8, 4) is 22.6 Å². The van der Waals surface area contributed by atoms with Crippen molar-refractivity contribution in [1.82, 2.24) is 35.8 Å². The summed E-state index contributed by atoms with van der Waals surface area (Å²) in [7, 11) is 0. The zero-order valence-electron chi connectivity index (χ0n) is 21.1. The molecule has 2 aromatic carbocycles. The van der Waals surface area contributed by atoms with E-state index >= 15 is 0 Å². The number of benzene rings is 2. The maximum Gasteiger partial charge on any atom is 0.205 e. The van der Waals surface area contributed by atoms with Gasteiger partial charge in [0.15, 0.2) is 5.82 Å². The van der Waals surface area contributed by atoms with E-state index in [-0.39, 0.29) is 0 Å². The Bertz CT molecular complexity index is 1430. The summed E-state index contributed by atoms with van der Waals surface area (Å²) in [6, 6.07) is 26.3. The molecule has 0 bridgehead atoms. The first-order valence-corrected chi connectivity index (χ1v) is 12.3. The lowest BCUT2D eigenvalue weighted by molar-refractivity contribution is 0.605. The van der Waals surface area contributed by atoms with Crippen molar-refractivity contribution >= 4 is 17.3 Å². The first kappa shape index (κ1) is 24.1. The van der Waals surface area contributed by atoms with Gasteiger partial charge in [-0.2, -0.15) is 10.3 Å². The quantitative estimate of drug-likeness (QED) is 0.281. The van der Waals surface area contributed by atoms with E-state index in [1.54, 1.807) is 0 Å². The first-order valence-electron chi connectivity index (χ1n) is 12.3. The molecule has 0 spiro atoms. The van der Waals surface area contributed by atoms with Gasteiger partial charge in [-0.15, -0.1) is 15.3 Å². The van der Waals surface area contributed by atoms with Crippen LogP contribution in [-0.2, 0) is 6.54 Å². The summed E-state index contributed by atoms with van der Waals surface area (Å²) in [5.74, 6) is 2.49. The van der Waals surface area contributed by atoms with Crippen LogP contribution in [0.15, 0.2) is 78.9 Å².